The minimum atomic E-state index is -4.75. The number of morpholine rings is 1. The number of alkyl halides is 3. The lowest BCUT2D eigenvalue weighted by Crippen LogP contribution is -2.50. The van der Waals surface area contributed by atoms with E-state index in [0.717, 1.165) is 31.8 Å². The number of halogens is 3. The number of aromatic nitrogens is 1. The second-order valence-electron chi connectivity index (χ2n) is 10.8. The molecule has 1 saturated heterocycles. The third kappa shape index (κ3) is 5.04. The van der Waals surface area contributed by atoms with Gasteiger partial charge >= 0.3 is 12.1 Å². The highest BCUT2D eigenvalue weighted by Gasteiger charge is 2.44. The van der Waals surface area contributed by atoms with Gasteiger partial charge in [-0.2, -0.15) is 17.5 Å². The fourth-order valence-electron chi connectivity index (χ4n) is 6.07. The minimum absolute atomic E-state index is 0.0142. The van der Waals surface area contributed by atoms with Crippen LogP contribution in [0.2, 0.25) is 0 Å². The van der Waals surface area contributed by atoms with Gasteiger partial charge in [-0.15, -0.1) is 0 Å². The SMILES string of the molecule is CN1CC(C(=O)O)n2c(c(-c3cccc(C(F)(F)F)c3)c(Cc3cccc4ccccc34)c(N3CCOCC3)c2=O)S1(=O)=O. The molecule has 1 unspecified atom stereocenters. The number of hydrogen-bond acceptors (Lipinski definition) is 6. The normalized spacial score (nSPS) is 18.7. The highest BCUT2D eigenvalue weighted by atomic mass is 32.2. The number of fused-ring (bicyclic) bond motifs is 2. The summed E-state index contributed by atoms with van der Waals surface area (Å²) in [6.45, 7) is 0.444. The summed E-state index contributed by atoms with van der Waals surface area (Å²) < 4.78 is 77.0. The van der Waals surface area contributed by atoms with Crippen molar-refractivity contribution in [2.75, 3.05) is 44.8 Å². The lowest BCUT2D eigenvalue weighted by atomic mass is 9.91. The molecular formula is C31H28F3N3O6S. The van der Waals surface area contributed by atoms with Gasteiger partial charge in [0.1, 0.15) is 11.7 Å². The summed E-state index contributed by atoms with van der Waals surface area (Å²) in [7, 11) is -3.34. The van der Waals surface area contributed by atoms with Crippen LogP contribution < -0.4 is 10.5 Å². The molecule has 13 heteroatoms. The summed E-state index contributed by atoms with van der Waals surface area (Å²) in [5, 5.41) is 11.2. The van der Waals surface area contributed by atoms with E-state index in [4.69, 9.17) is 4.74 Å². The number of anilines is 1. The Hall–Kier alpha value is -4.20. The molecule has 2 aliphatic rings. The summed E-state index contributed by atoms with van der Waals surface area (Å²) in [4.78, 5) is 28.7. The monoisotopic (exact) mass is 627 g/mol. The van der Waals surface area contributed by atoms with Gasteiger partial charge in [0.15, 0.2) is 5.03 Å². The smallest absolute Gasteiger partial charge is 0.416 e. The van der Waals surface area contributed by atoms with E-state index in [0.29, 0.717) is 5.56 Å². The van der Waals surface area contributed by atoms with Gasteiger partial charge in [-0.25, -0.2) is 13.2 Å². The van der Waals surface area contributed by atoms with Gasteiger partial charge in [-0.05, 0) is 39.6 Å². The van der Waals surface area contributed by atoms with Crippen molar-refractivity contribution in [1.29, 1.82) is 0 Å². The number of aliphatic carboxylic acids is 1. The molecule has 0 bridgehead atoms. The van der Waals surface area contributed by atoms with Crippen LogP contribution in [0.25, 0.3) is 21.9 Å². The number of likely N-dealkylation sites (N-methyl/N-ethyl adjacent to an activating group) is 1. The third-order valence-electron chi connectivity index (χ3n) is 8.18. The number of benzene rings is 3. The summed E-state index contributed by atoms with van der Waals surface area (Å²) in [5.41, 5.74) is -1.13. The van der Waals surface area contributed by atoms with Gasteiger partial charge in [0, 0.05) is 38.7 Å². The van der Waals surface area contributed by atoms with E-state index < -0.39 is 50.9 Å². The zero-order valence-electron chi connectivity index (χ0n) is 23.5. The van der Waals surface area contributed by atoms with Gasteiger partial charge in [0.25, 0.3) is 15.6 Å². The predicted octanol–water partition coefficient (Wildman–Crippen LogP) is 4.37. The first-order valence-corrected chi connectivity index (χ1v) is 15.3. The van der Waals surface area contributed by atoms with E-state index in [1.54, 1.807) is 4.90 Å². The molecule has 0 amide bonds. The highest BCUT2D eigenvalue weighted by molar-refractivity contribution is 7.89. The molecule has 0 saturated carbocycles. The van der Waals surface area contributed by atoms with Crippen LogP contribution in [0.3, 0.4) is 0 Å². The number of carboxylic acid groups (broad SMARTS) is 1. The second-order valence-corrected chi connectivity index (χ2v) is 12.8. The minimum Gasteiger partial charge on any atom is -0.480 e. The Balaban J connectivity index is 1.79. The number of carboxylic acids is 1. The van der Waals surface area contributed by atoms with Crippen LogP contribution in [0.1, 0.15) is 22.7 Å². The predicted molar refractivity (Wildman–Crippen MR) is 157 cm³/mol. The van der Waals surface area contributed by atoms with Crippen molar-refractivity contribution in [1.82, 2.24) is 8.87 Å². The van der Waals surface area contributed by atoms with Crippen molar-refractivity contribution in [3.8, 4) is 11.1 Å². The van der Waals surface area contributed by atoms with Crippen molar-refractivity contribution in [3.05, 3.63) is 93.8 Å². The molecule has 0 radical (unpaired) electrons. The Morgan fingerprint density at radius 1 is 1.02 bits per heavy atom. The molecule has 1 N–H and O–H groups in total. The van der Waals surface area contributed by atoms with Crippen molar-refractivity contribution in [2.45, 2.75) is 23.7 Å². The molecule has 44 heavy (non-hydrogen) atoms. The average Bonchev–Trinajstić information content (AvgIpc) is 2.99. The van der Waals surface area contributed by atoms with Crippen LogP contribution in [0, 0.1) is 0 Å². The maximum Gasteiger partial charge on any atom is 0.416 e. The Labute approximate surface area is 250 Å². The van der Waals surface area contributed by atoms with Crippen molar-refractivity contribution < 1.29 is 36.2 Å². The Bertz CT molecular complexity index is 1950. The lowest BCUT2D eigenvalue weighted by Gasteiger charge is -2.37. The largest absolute Gasteiger partial charge is 0.480 e. The number of sulfonamides is 1. The molecule has 0 spiro atoms. The van der Waals surface area contributed by atoms with Crippen LogP contribution in [0.4, 0.5) is 18.9 Å². The second kappa shape index (κ2) is 11.1. The number of nitrogens with zero attached hydrogens (tertiary/aromatic N) is 3. The molecule has 0 aliphatic carbocycles. The zero-order chi connectivity index (χ0) is 31.4. The van der Waals surface area contributed by atoms with Crippen molar-refractivity contribution in [3.63, 3.8) is 0 Å². The van der Waals surface area contributed by atoms with E-state index in [-0.39, 0.29) is 55.1 Å². The van der Waals surface area contributed by atoms with Crippen LogP contribution >= 0.6 is 0 Å². The number of hydrogen-bond donors (Lipinski definition) is 1. The fraction of sp³-hybridized carbons (Fsp3) is 0.290. The highest BCUT2D eigenvalue weighted by Crippen LogP contribution is 2.43. The molecule has 1 atom stereocenters. The number of rotatable bonds is 5. The number of carbonyl (C=O) groups is 1. The number of pyridine rings is 1. The van der Waals surface area contributed by atoms with Gasteiger partial charge in [0.05, 0.1) is 18.8 Å². The summed E-state index contributed by atoms with van der Waals surface area (Å²) in [6, 6.07) is 15.6. The molecule has 4 aromatic rings. The van der Waals surface area contributed by atoms with Crippen LogP contribution in [0.15, 0.2) is 76.6 Å². The lowest BCUT2D eigenvalue weighted by molar-refractivity contribution is -0.141. The van der Waals surface area contributed by atoms with Gasteiger partial charge in [0.2, 0.25) is 0 Å². The van der Waals surface area contributed by atoms with E-state index in [1.165, 1.54) is 19.2 Å². The molecule has 3 aromatic carbocycles. The first-order valence-electron chi connectivity index (χ1n) is 13.9. The molecule has 6 rings (SSSR count). The van der Waals surface area contributed by atoms with Crippen molar-refractivity contribution >= 4 is 32.5 Å². The van der Waals surface area contributed by atoms with Crippen molar-refractivity contribution in [2.24, 2.45) is 0 Å². The molecule has 1 fully saturated rings. The van der Waals surface area contributed by atoms with Crippen LogP contribution in [0.5, 0.6) is 0 Å². The molecule has 9 nitrogen and oxygen atoms in total. The number of ether oxygens (including phenoxy) is 1. The quantitative estimate of drug-likeness (QED) is 0.350. The molecule has 1 aromatic heterocycles. The molecule has 2 aliphatic heterocycles. The standard InChI is InChI=1S/C31H28F3N3O6S/c1-35-18-25(30(39)40)37-28(38)27(36-12-14-43-15-13-36)24(17-20-8-4-7-19-6-2-3-11-23(19)20)26(29(37)44(35,41)42)21-9-5-10-22(16-21)31(32,33)34/h2-11,16,25H,12-15,17-18H2,1H3,(H,39,40). The molecule has 230 valence electrons. The third-order valence-corrected chi connectivity index (χ3v) is 10.0. The molecule has 3 heterocycles. The van der Waals surface area contributed by atoms with E-state index in [2.05, 4.69) is 0 Å². The fourth-order valence-corrected chi connectivity index (χ4v) is 7.66. The maximum absolute atomic E-state index is 14.5. The Kier molecular flexibility index (Phi) is 7.50. The zero-order valence-corrected chi connectivity index (χ0v) is 24.4. The van der Waals surface area contributed by atoms with Gasteiger partial charge in [-0.3, -0.25) is 9.36 Å². The first kappa shape index (κ1) is 29.9. The summed E-state index contributed by atoms with van der Waals surface area (Å²) in [6.07, 6.45) is -4.76. The summed E-state index contributed by atoms with van der Waals surface area (Å²) >= 11 is 0. The van der Waals surface area contributed by atoms with Crippen LogP contribution in [-0.4, -0.2) is 68.3 Å². The van der Waals surface area contributed by atoms with Gasteiger partial charge < -0.3 is 14.7 Å². The topological polar surface area (TPSA) is 109 Å². The van der Waals surface area contributed by atoms with Crippen LogP contribution in [-0.2, 0) is 32.2 Å². The molecular weight excluding hydrogens is 599 g/mol. The van der Waals surface area contributed by atoms with Gasteiger partial charge in [-0.1, -0.05) is 54.6 Å². The summed E-state index contributed by atoms with van der Waals surface area (Å²) in [5.74, 6) is -1.44. The van der Waals surface area contributed by atoms with E-state index in [1.807, 2.05) is 42.5 Å². The van der Waals surface area contributed by atoms with E-state index in [9.17, 15) is 36.3 Å². The Morgan fingerprint density at radius 3 is 2.41 bits per heavy atom. The maximum atomic E-state index is 14.5. The Morgan fingerprint density at radius 2 is 1.70 bits per heavy atom. The first-order chi connectivity index (χ1) is 20.9. The van der Waals surface area contributed by atoms with E-state index >= 15 is 0 Å². The average molecular weight is 628 g/mol.